The fourth-order valence-corrected chi connectivity index (χ4v) is 6.07. The number of rotatable bonds is 3. The molecule has 4 heterocycles. The van der Waals surface area contributed by atoms with E-state index in [4.69, 9.17) is 4.74 Å². The SMILES string of the molecule is CN(C(=O)N1CCC(n2cnc3cc(-c4ccc(F)cc4)sc3c2=O)C1)C1CCN(C(=O)OC(C)(C)C)C1. The van der Waals surface area contributed by atoms with Crippen LogP contribution in [0.5, 0.6) is 0 Å². The zero-order chi connectivity index (χ0) is 27.2. The maximum atomic E-state index is 13.3. The molecule has 0 N–H and O–H groups in total. The molecule has 0 spiro atoms. The molecule has 5 rings (SSSR count). The predicted molar refractivity (Wildman–Crippen MR) is 144 cm³/mol. The van der Waals surface area contributed by atoms with Crippen LogP contribution in [0.1, 0.15) is 39.7 Å². The van der Waals surface area contributed by atoms with Crippen molar-refractivity contribution in [2.24, 2.45) is 0 Å². The van der Waals surface area contributed by atoms with E-state index < -0.39 is 5.60 Å². The van der Waals surface area contributed by atoms with Crippen LogP contribution in [0.4, 0.5) is 14.0 Å². The number of amides is 3. The van der Waals surface area contributed by atoms with Gasteiger partial charge in [0.25, 0.3) is 5.56 Å². The lowest BCUT2D eigenvalue weighted by atomic mass is 10.2. The first-order valence-corrected chi connectivity index (χ1v) is 13.6. The summed E-state index contributed by atoms with van der Waals surface area (Å²) in [6.07, 6.45) is 2.54. The Labute approximate surface area is 224 Å². The summed E-state index contributed by atoms with van der Waals surface area (Å²) in [4.78, 5) is 49.5. The van der Waals surface area contributed by atoms with E-state index >= 15 is 0 Å². The van der Waals surface area contributed by atoms with Gasteiger partial charge >= 0.3 is 12.1 Å². The molecule has 2 aliphatic rings. The lowest BCUT2D eigenvalue weighted by Gasteiger charge is -2.30. The minimum absolute atomic E-state index is 0.0918. The Kier molecular flexibility index (Phi) is 6.89. The lowest BCUT2D eigenvalue weighted by molar-refractivity contribution is 0.0283. The number of likely N-dealkylation sites (tertiary alicyclic amines) is 2. The topological polar surface area (TPSA) is 88.0 Å². The number of nitrogens with zero attached hydrogens (tertiary/aromatic N) is 5. The van der Waals surface area contributed by atoms with Crippen LogP contribution in [0.15, 0.2) is 41.5 Å². The summed E-state index contributed by atoms with van der Waals surface area (Å²) >= 11 is 1.34. The number of urea groups is 1. The van der Waals surface area contributed by atoms with Crippen LogP contribution in [0.25, 0.3) is 20.7 Å². The molecule has 11 heteroatoms. The van der Waals surface area contributed by atoms with Gasteiger partial charge in [0.1, 0.15) is 16.1 Å². The smallest absolute Gasteiger partial charge is 0.410 e. The molecule has 9 nitrogen and oxygen atoms in total. The molecule has 2 fully saturated rings. The molecule has 202 valence electrons. The number of halogens is 1. The van der Waals surface area contributed by atoms with Crippen molar-refractivity contribution in [2.45, 2.75) is 51.3 Å². The number of benzene rings is 1. The Balaban J connectivity index is 1.25. The Hall–Kier alpha value is -3.47. The average Bonchev–Trinajstić information content (AvgIpc) is 3.62. The number of hydrogen-bond donors (Lipinski definition) is 0. The van der Waals surface area contributed by atoms with Crippen LogP contribution in [0, 0.1) is 5.82 Å². The third kappa shape index (κ3) is 5.24. The number of ether oxygens (including phenoxy) is 1. The summed E-state index contributed by atoms with van der Waals surface area (Å²) in [6.45, 7) is 7.42. The second-order valence-corrected chi connectivity index (χ2v) is 12.0. The molecule has 0 aliphatic carbocycles. The fourth-order valence-electron chi connectivity index (χ4n) is 5.01. The van der Waals surface area contributed by atoms with Gasteiger partial charge in [-0.3, -0.25) is 9.36 Å². The van der Waals surface area contributed by atoms with Gasteiger partial charge in [-0.25, -0.2) is 19.0 Å². The zero-order valence-corrected chi connectivity index (χ0v) is 22.8. The summed E-state index contributed by atoms with van der Waals surface area (Å²) in [6, 6.07) is 7.64. The Morgan fingerprint density at radius 2 is 1.82 bits per heavy atom. The second-order valence-electron chi connectivity index (χ2n) is 10.9. The third-order valence-electron chi connectivity index (χ3n) is 7.08. The molecular formula is C27H32FN5O4S. The van der Waals surface area contributed by atoms with Gasteiger partial charge in [-0.1, -0.05) is 12.1 Å². The standard InChI is InChI=1S/C27H32FN5O4S/c1-27(2,3)37-26(36)32-12-9-19(14-32)30(4)25(35)31-11-10-20(15-31)33-16-29-21-13-22(38-23(21)24(33)34)17-5-7-18(28)8-6-17/h5-8,13,16,19-20H,9-12,14-15H2,1-4H3. The second kappa shape index (κ2) is 10.0. The molecule has 1 aromatic carbocycles. The molecular weight excluding hydrogens is 509 g/mol. The summed E-state index contributed by atoms with van der Waals surface area (Å²) in [5, 5.41) is 0. The van der Waals surface area contributed by atoms with Crippen LogP contribution < -0.4 is 5.56 Å². The van der Waals surface area contributed by atoms with Crippen molar-refractivity contribution < 1.29 is 18.7 Å². The number of carbonyl (C=O) groups is 2. The quantitative estimate of drug-likeness (QED) is 0.485. The molecule has 0 bridgehead atoms. The van der Waals surface area contributed by atoms with E-state index in [1.807, 2.05) is 26.8 Å². The van der Waals surface area contributed by atoms with E-state index in [0.29, 0.717) is 49.2 Å². The minimum Gasteiger partial charge on any atom is -0.444 e. The van der Waals surface area contributed by atoms with E-state index in [1.165, 1.54) is 23.5 Å². The van der Waals surface area contributed by atoms with Crippen molar-refractivity contribution >= 4 is 33.7 Å². The number of carbonyl (C=O) groups excluding carboxylic acids is 2. The Morgan fingerprint density at radius 3 is 2.53 bits per heavy atom. The number of hydrogen-bond acceptors (Lipinski definition) is 6. The minimum atomic E-state index is -0.566. The van der Waals surface area contributed by atoms with Gasteiger partial charge in [0.15, 0.2) is 0 Å². The number of aromatic nitrogens is 2. The molecule has 0 saturated carbocycles. The van der Waals surface area contributed by atoms with E-state index in [9.17, 15) is 18.8 Å². The first-order chi connectivity index (χ1) is 18.0. The number of likely N-dealkylation sites (N-methyl/N-ethyl adjacent to an activating group) is 1. The van der Waals surface area contributed by atoms with Crippen molar-refractivity contribution in [3.63, 3.8) is 0 Å². The molecule has 3 amide bonds. The highest BCUT2D eigenvalue weighted by Crippen LogP contribution is 2.32. The van der Waals surface area contributed by atoms with Gasteiger partial charge in [-0.15, -0.1) is 11.3 Å². The zero-order valence-electron chi connectivity index (χ0n) is 22.0. The van der Waals surface area contributed by atoms with Gasteiger partial charge < -0.3 is 19.4 Å². The predicted octanol–water partition coefficient (Wildman–Crippen LogP) is 4.57. The van der Waals surface area contributed by atoms with Crippen LogP contribution in [-0.4, -0.2) is 81.2 Å². The van der Waals surface area contributed by atoms with Gasteiger partial charge in [-0.2, -0.15) is 0 Å². The van der Waals surface area contributed by atoms with Crippen LogP contribution in [0.2, 0.25) is 0 Å². The van der Waals surface area contributed by atoms with Crippen molar-refractivity contribution in [2.75, 3.05) is 33.2 Å². The highest BCUT2D eigenvalue weighted by molar-refractivity contribution is 7.22. The van der Waals surface area contributed by atoms with E-state index in [2.05, 4.69) is 4.98 Å². The Bertz CT molecular complexity index is 1410. The lowest BCUT2D eigenvalue weighted by Crippen LogP contribution is -2.47. The summed E-state index contributed by atoms with van der Waals surface area (Å²) in [5.74, 6) is -0.311. The molecule has 0 radical (unpaired) electrons. The van der Waals surface area contributed by atoms with Crippen molar-refractivity contribution in [3.05, 3.63) is 52.8 Å². The average molecular weight is 542 g/mol. The summed E-state index contributed by atoms with van der Waals surface area (Å²) in [5.41, 5.74) is 0.739. The maximum Gasteiger partial charge on any atom is 0.410 e. The Morgan fingerprint density at radius 1 is 1.11 bits per heavy atom. The first-order valence-electron chi connectivity index (χ1n) is 12.8. The third-order valence-corrected chi connectivity index (χ3v) is 8.24. The first kappa shape index (κ1) is 26.1. The van der Waals surface area contributed by atoms with E-state index in [0.717, 1.165) is 10.4 Å². The summed E-state index contributed by atoms with van der Waals surface area (Å²) in [7, 11) is 1.77. The maximum absolute atomic E-state index is 13.3. The normalized spacial score (nSPS) is 19.8. The molecule has 2 atom stereocenters. The van der Waals surface area contributed by atoms with Gasteiger partial charge in [0.2, 0.25) is 0 Å². The molecule has 2 saturated heterocycles. The van der Waals surface area contributed by atoms with Crippen LogP contribution >= 0.6 is 11.3 Å². The molecule has 2 aromatic heterocycles. The van der Waals surface area contributed by atoms with Crippen molar-refractivity contribution in [1.82, 2.24) is 24.3 Å². The van der Waals surface area contributed by atoms with Gasteiger partial charge in [0.05, 0.1) is 23.9 Å². The monoisotopic (exact) mass is 541 g/mol. The molecule has 3 aromatic rings. The van der Waals surface area contributed by atoms with Gasteiger partial charge in [-0.05, 0) is 57.4 Å². The van der Waals surface area contributed by atoms with Crippen LogP contribution in [0.3, 0.4) is 0 Å². The van der Waals surface area contributed by atoms with Crippen molar-refractivity contribution in [3.8, 4) is 10.4 Å². The van der Waals surface area contributed by atoms with E-state index in [-0.39, 0.29) is 35.6 Å². The van der Waals surface area contributed by atoms with Gasteiger partial charge in [0, 0.05) is 38.1 Å². The molecule has 2 aliphatic heterocycles. The largest absolute Gasteiger partial charge is 0.444 e. The highest BCUT2D eigenvalue weighted by atomic mass is 32.1. The van der Waals surface area contributed by atoms with Crippen molar-refractivity contribution in [1.29, 1.82) is 0 Å². The molecule has 2 unspecified atom stereocenters. The van der Waals surface area contributed by atoms with Crippen LogP contribution in [-0.2, 0) is 4.74 Å². The molecule has 38 heavy (non-hydrogen) atoms. The van der Waals surface area contributed by atoms with E-state index in [1.54, 1.807) is 44.8 Å². The summed E-state index contributed by atoms with van der Waals surface area (Å²) < 4.78 is 20.9. The number of fused-ring (bicyclic) bond motifs is 1. The number of thiophene rings is 1. The fraction of sp³-hybridized carbons (Fsp3) is 0.481. The highest BCUT2D eigenvalue weighted by Gasteiger charge is 2.37.